The third-order valence-electron chi connectivity index (χ3n) is 4.08. The average molecular weight is 322 g/mol. The number of ketones is 1. The van der Waals surface area contributed by atoms with Crippen LogP contribution in [-0.2, 0) is 4.74 Å². The van der Waals surface area contributed by atoms with Crippen LogP contribution in [0.2, 0.25) is 0 Å². The molecule has 1 fully saturated rings. The summed E-state index contributed by atoms with van der Waals surface area (Å²) in [5, 5.41) is 0.707. The van der Waals surface area contributed by atoms with Crippen LogP contribution in [0.25, 0.3) is 11.0 Å². The highest BCUT2D eigenvalue weighted by Gasteiger charge is 2.47. The first-order chi connectivity index (χ1) is 11.7. The van der Waals surface area contributed by atoms with Crippen LogP contribution >= 0.6 is 0 Å². The highest BCUT2D eigenvalue weighted by Crippen LogP contribution is 2.41. The molecule has 0 saturated carbocycles. The van der Waals surface area contributed by atoms with Gasteiger partial charge in [-0.15, -0.1) is 0 Å². The van der Waals surface area contributed by atoms with Gasteiger partial charge in [-0.1, -0.05) is 30.3 Å². The second kappa shape index (κ2) is 5.62. The minimum absolute atomic E-state index is 0.0177. The van der Waals surface area contributed by atoms with Crippen LogP contribution in [0.4, 0.5) is 0 Å². The summed E-state index contributed by atoms with van der Waals surface area (Å²) in [6, 6.07) is 16.0. The third-order valence-corrected chi connectivity index (χ3v) is 4.08. The van der Waals surface area contributed by atoms with Gasteiger partial charge in [0.25, 0.3) is 0 Å². The molecule has 5 heteroatoms. The number of hydrogen-bond acceptors (Lipinski definition) is 5. The molecule has 4 rings (SSSR count). The van der Waals surface area contributed by atoms with Crippen molar-refractivity contribution in [3.63, 3.8) is 0 Å². The molecule has 5 nitrogen and oxygen atoms in total. The Morgan fingerprint density at radius 2 is 1.92 bits per heavy atom. The summed E-state index contributed by atoms with van der Waals surface area (Å²) < 4.78 is 15.9. The van der Waals surface area contributed by atoms with Gasteiger partial charge in [0.15, 0.2) is 6.10 Å². The molecular weight excluding hydrogens is 308 g/mol. The van der Waals surface area contributed by atoms with Gasteiger partial charge in [-0.25, -0.2) is 4.79 Å². The number of ether oxygens (including phenoxy) is 2. The van der Waals surface area contributed by atoms with Gasteiger partial charge in [0.2, 0.25) is 5.78 Å². The van der Waals surface area contributed by atoms with Crippen LogP contribution in [0.15, 0.2) is 63.8 Å². The zero-order chi connectivity index (χ0) is 16.7. The van der Waals surface area contributed by atoms with Crippen molar-refractivity contribution in [2.24, 2.45) is 0 Å². The molecule has 1 aliphatic heterocycles. The topological polar surface area (TPSA) is 69.0 Å². The standard InChI is InChI=1S/C19H14O5/c1-22-13-7-4-6-12(9-13)17-18(24-17)16(20)14-10-11-5-2-3-8-15(11)23-19(14)21/h2-10,17-18H,1H3. The van der Waals surface area contributed by atoms with E-state index in [1.165, 1.54) is 0 Å². The molecule has 0 amide bonds. The van der Waals surface area contributed by atoms with E-state index in [0.717, 1.165) is 5.56 Å². The predicted octanol–water partition coefficient (Wildman–Crippen LogP) is 3.12. The molecular formula is C19H14O5. The molecule has 0 N–H and O–H groups in total. The third kappa shape index (κ3) is 2.49. The maximum Gasteiger partial charge on any atom is 0.347 e. The summed E-state index contributed by atoms with van der Waals surface area (Å²) in [6.07, 6.45) is -1.03. The Kier molecular flexibility index (Phi) is 3.43. The molecule has 24 heavy (non-hydrogen) atoms. The van der Waals surface area contributed by atoms with Gasteiger partial charge >= 0.3 is 5.63 Å². The van der Waals surface area contributed by atoms with Crippen molar-refractivity contribution in [3.8, 4) is 5.75 Å². The van der Waals surface area contributed by atoms with E-state index in [1.807, 2.05) is 30.3 Å². The largest absolute Gasteiger partial charge is 0.497 e. The first-order valence-electron chi connectivity index (χ1n) is 7.54. The summed E-state index contributed by atoms with van der Waals surface area (Å²) in [7, 11) is 1.58. The predicted molar refractivity (Wildman–Crippen MR) is 87.4 cm³/mol. The quantitative estimate of drug-likeness (QED) is 0.419. The molecule has 3 aromatic rings. The Morgan fingerprint density at radius 3 is 2.75 bits per heavy atom. The van der Waals surface area contributed by atoms with Crippen molar-refractivity contribution in [1.82, 2.24) is 0 Å². The minimum Gasteiger partial charge on any atom is -0.497 e. The van der Waals surface area contributed by atoms with Crippen molar-refractivity contribution in [2.45, 2.75) is 12.2 Å². The van der Waals surface area contributed by atoms with E-state index in [9.17, 15) is 9.59 Å². The monoisotopic (exact) mass is 322 g/mol. The van der Waals surface area contributed by atoms with Gasteiger partial charge in [0, 0.05) is 5.39 Å². The lowest BCUT2D eigenvalue weighted by molar-refractivity contribution is 0.0950. The molecule has 0 radical (unpaired) electrons. The summed E-state index contributed by atoms with van der Waals surface area (Å²) in [6.45, 7) is 0. The first-order valence-corrected chi connectivity index (χ1v) is 7.54. The van der Waals surface area contributed by atoms with Gasteiger partial charge in [0.05, 0.1) is 7.11 Å². The Bertz CT molecular complexity index is 988. The number of fused-ring (bicyclic) bond motifs is 1. The first kappa shape index (κ1) is 14.7. The van der Waals surface area contributed by atoms with Crippen LogP contribution in [0.1, 0.15) is 22.0 Å². The summed E-state index contributed by atoms with van der Waals surface area (Å²) in [5.41, 5.74) is 0.681. The maximum absolute atomic E-state index is 12.6. The lowest BCUT2D eigenvalue weighted by Gasteiger charge is -2.02. The zero-order valence-electron chi connectivity index (χ0n) is 12.9. The lowest BCUT2D eigenvalue weighted by atomic mass is 10.0. The molecule has 0 bridgehead atoms. The van der Waals surface area contributed by atoms with Gasteiger partial charge in [0.1, 0.15) is 23.0 Å². The van der Waals surface area contributed by atoms with Crippen LogP contribution in [0.3, 0.4) is 0 Å². The maximum atomic E-state index is 12.6. The smallest absolute Gasteiger partial charge is 0.347 e. The molecule has 0 spiro atoms. The number of carbonyl (C=O) groups is 1. The fraction of sp³-hybridized carbons (Fsp3) is 0.158. The van der Waals surface area contributed by atoms with E-state index in [0.29, 0.717) is 16.7 Å². The van der Waals surface area contributed by atoms with E-state index in [-0.39, 0.29) is 17.5 Å². The van der Waals surface area contributed by atoms with Crippen molar-refractivity contribution in [3.05, 3.63) is 76.1 Å². The number of epoxide rings is 1. The highest BCUT2D eigenvalue weighted by molar-refractivity contribution is 6.02. The number of hydrogen-bond donors (Lipinski definition) is 0. The summed E-state index contributed by atoms with van der Waals surface area (Å²) in [5.74, 6) is 0.335. The molecule has 2 aromatic carbocycles. The average Bonchev–Trinajstić information content (AvgIpc) is 3.41. The summed E-state index contributed by atoms with van der Waals surface area (Å²) in [4.78, 5) is 24.7. The van der Waals surface area contributed by atoms with Crippen molar-refractivity contribution >= 4 is 16.8 Å². The zero-order valence-corrected chi connectivity index (χ0v) is 12.9. The van der Waals surface area contributed by atoms with E-state index in [1.54, 1.807) is 31.4 Å². The minimum atomic E-state index is -0.666. The highest BCUT2D eigenvalue weighted by atomic mass is 16.6. The van der Waals surface area contributed by atoms with Crippen LogP contribution in [0.5, 0.6) is 5.75 Å². The molecule has 120 valence electrons. The van der Waals surface area contributed by atoms with E-state index in [4.69, 9.17) is 13.9 Å². The van der Waals surface area contributed by atoms with Crippen LogP contribution < -0.4 is 10.4 Å². The molecule has 0 aliphatic carbocycles. The fourth-order valence-electron chi connectivity index (χ4n) is 2.77. The van der Waals surface area contributed by atoms with E-state index < -0.39 is 11.7 Å². The van der Waals surface area contributed by atoms with Crippen molar-refractivity contribution < 1.29 is 18.7 Å². The Labute approximate surface area is 137 Å². The Hall–Kier alpha value is -2.92. The van der Waals surface area contributed by atoms with Crippen molar-refractivity contribution in [1.29, 1.82) is 0 Å². The van der Waals surface area contributed by atoms with Crippen LogP contribution in [-0.4, -0.2) is 19.0 Å². The molecule has 1 saturated heterocycles. The second-order valence-corrected chi connectivity index (χ2v) is 5.60. The fourth-order valence-corrected chi connectivity index (χ4v) is 2.77. The number of Topliss-reactive ketones (excluding diaryl/α,β-unsaturated/α-hetero) is 1. The van der Waals surface area contributed by atoms with Gasteiger partial charge in [-0.3, -0.25) is 4.79 Å². The number of benzene rings is 2. The normalized spacial score (nSPS) is 19.2. The van der Waals surface area contributed by atoms with Crippen LogP contribution in [0, 0.1) is 0 Å². The molecule has 2 unspecified atom stereocenters. The molecule has 1 aliphatic rings. The molecule has 2 heterocycles. The molecule has 1 aromatic heterocycles. The van der Waals surface area contributed by atoms with Gasteiger partial charge in [-0.2, -0.15) is 0 Å². The molecule has 2 atom stereocenters. The number of rotatable bonds is 4. The lowest BCUT2D eigenvalue weighted by Crippen LogP contribution is -2.18. The van der Waals surface area contributed by atoms with Gasteiger partial charge in [-0.05, 0) is 29.8 Å². The second-order valence-electron chi connectivity index (χ2n) is 5.60. The number of carbonyl (C=O) groups excluding carboxylic acids is 1. The number of para-hydroxylation sites is 1. The Balaban J connectivity index is 1.63. The van der Waals surface area contributed by atoms with E-state index in [2.05, 4.69) is 0 Å². The SMILES string of the molecule is COc1cccc(C2OC2C(=O)c2cc3ccccc3oc2=O)c1. The summed E-state index contributed by atoms with van der Waals surface area (Å²) >= 11 is 0. The Morgan fingerprint density at radius 1 is 1.08 bits per heavy atom. The van der Waals surface area contributed by atoms with Gasteiger partial charge < -0.3 is 13.9 Å². The number of methoxy groups -OCH3 is 1. The van der Waals surface area contributed by atoms with Crippen molar-refractivity contribution in [2.75, 3.05) is 7.11 Å². The van der Waals surface area contributed by atoms with E-state index >= 15 is 0 Å².